The summed E-state index contributed by atoms with van der Waals surface area (Å²) in [4.78, 5) is 12.0. The number of ketones is 1. The Hall–Kier alpha value is -1.11. The van der Waals surface area contributed by atoms with Gasteiger partial charge in [0.05, 0.1) is 0 Å². The molecule has 0 heterocycles. The van der Waals surface area contributed by atoms with E-state index in [9.17, 15) is 4.79 Å². The lowest BCUT2D eigenvalue weighted by molar-refractivity contribution is 0.0894. The van der Waals surface area contributed by atoms with Crippen molar-refractivity contribution >= 4 is 5.78 Å². The van der Waals surface area contributed by atoms with Crippen LogP contribution in [0.5, 0.6) is 0 Å². The van der Waals surface area contributed by atoms with Crippen LogP contribution in [0.4, 0.5) is 0 Å². The maximum atomic E-state index is 12.0. The second kappa shape index (κ2) is 3.95. The van der Waals surface area contributed by atoms with Gasteiger partial charge in [-0.2, -0.15) is 0 Å². The standard InChI is InChI=1S/C13H16O/c1-2-5-11-9-8-10-6-3-4-7-12(10)13(11)14/h3-4,6-7,11H,2,5,8-9H2,1H3/t11-/m0/s1. The number of rotatable bonds is 2. The molecule has 0 amide bonds. The Morgan fingerprint density at radius 3 is 2.93 bits per heavy atom. The summed E-state index contributed by atoms with van der Waals surface area (Å²) in [5.41, 5.74) is 2.21. The topological polar surface area (TPSA) is 17.1 Å². The normalized spacial score (nSPS) is 20.6. The van der Waals surface area contributed by atoms with E-state index in [2.05, 4.69) is 13.0 Å². The van der Waals surface area contributed by atoms with Gasteiger partial charge in [0.2, 0.25) is 0 Å². The van der Waals surface area contributed by atoms with E-state index >= 15 is 0 Å². The van der Waals surface area contributed by atoms with E-state index in [4.69, 9.17) is 0 Å². The Kier molecular flexibility index (Phi) is 2.67. The van der Waals surface area contributed by atoms with Crippen LogP contribution in [0.25, 0.3) is 0 Å². The number of carbonyl (C=O) groups excluding carboxylic acids is 1. The number of carbonyl (C=O) groups is 1. The van der Waals surface area contributed by atoms with Crippen molar-refractivity contribution in [3.8, 4) is 0 Å². The van der Waals surface area contributed by atoms with Gasteiger partial charge in [-0.05, 0) is 24.8 Å². The van der Waals surface area contributed by atoms with E-state index in [-0.39, 0.29) is 5.92 Å². The van der Waals surface area contributed by atoms with Crippen LogP contribution in [0.1, 0.15) is 42.1 Å². The van der Waals surface area contributed by atoms with Crippen LogP contribution in [0, 0.1) is 5.92 Å². The maximum absolute atomic E-state index is 12.0. The highest BCUT2D eigenvalue weighted by molar-refractivity contribution is 6.00. The van der Waals surface area contributed by atoms with E-state index in [0.29, 0.717) is 5.78 Å². The summed E-state index contributed by atoms with van der Waals surface area (Å²) < 4.78 is 0. The molecule has 1 heteroatoms. The van der Waals surface area contributed by atoms with Crippen molar-refractivity contribution in [2.24, 2.45) is 5.92 Å². The lowest BCUT2D eigenvalue weighted by Gasteiger charge is -2.22. The molecule has 0 unspecified atom stereocenters. The zero-order valence-electron chi connectivity index (χ0n) is 8.62. The summed E-state index contributed by atoms with van der Waals surface area (Å²) >= 11 is 0. The molecular formula is C13H16O. The first-order valence-corrected chi connectivity index (χ1v) is 5.45. The van der Waals surface area contributed by atoms with Crippen molar-refractivity contribution in [1.29, 1.82) is 0 Å². The first kappa shape index (κ1) is 9.45. The molecule has 0 aliphatic heterocycles. The average Bonchev–Trinajstić information content (AvgIpc) is 2.23. The number of benzene rings is 1. The molecule has 0 bridgehead atoms. The highest BCUT2D eigenvalue weighted by atomic mass is 16.1. The van der Waals surface area contributed by atoms with Gasteiger partial charge < -0.3 is 0 Å². The number of hydrogen-bond donors (Lipinski definition) is 0. The molecule has 1 aromatic carbocycles. The quantitative estimate of drug-likeness (QED) is 0.696. The smallest absolute Gasteiger partial charge is 0.166 e. The van der Waals surface area contributed by atoms with Crippen molar-refractivity contribution in [2.75, 3.05) is 0 Å². The van der Waals surface area contributed by atoms with Crippen molar-refractivity contribution < 1.29 is 4.79 Å². The zero-order chi connectivity index (χ0) is 9.97. The Balaban J connectivity index is 2.27. The predicted molar refractivity (Wildman–Crippen MR) is 57.5 cm³/mol. The second-order valence-electron chi connectivity index (χ2n) is 4.05. The van der Waals surface area contributed by atoms with Crippen LogP contribution in [-0.2, 0) is 6.42 Å². The van der Waals surface area contributed by atoms with E-state index in [1.165, 1.54) is 5.56 Å². The summed E-state index contributed by atoms with van der Waals surface area (Å²) in [6, 6.07) is 8.03. The molecule has 1 nitrogen and oxygen atoms in total. The van der Waals surface area contributed by atoms with Crippen LogP contribution >= 0.6 is 0 Å². The largest absolute Gasteiger partial charge is 0.294 e. The van der Waals surface area contributed by atoms with Gasteiger partial charge in [-0.25, -0.2) is 0 Å². The Bertz CT molecular complexity index is 341. The molecule has 0 saturated heterocycles. The molecule has 1 aliphatic carbocycles. The zero-order valence-corrected chi connectivity index (χ0v) is 8.62. The average molecular weight is 188 g/mol. The van der Waals surface area contributed by atoms with Crippen LogP contribution in [0.15, 0.2) is 24.3 Å². The minimum atomic E-state index is 0.287. The fourth-order valence-corrected chi connectivity index (χ4v) is 2.28. The first-order valence-electron chi connectivity index (χ1n) is 5.45. The molecule has 2 rings (SSSR count). The Labute approximate surface area is 85.1 Å². The number of fused-ring (bicyclic) bond motifs is 1. The van der Waals surface area contributed by atoms with E-state index in [1.807, 2.05) is 18.2 Å². The molecule has 14 heavy (non-hydrogen) atoms. The summed E-state index contributed by atoms with van der Waals surface area (Å²) in [7, 11) is 0. The summed E-state index contributed by atoms with van der Waals surface area (Å²) in [6.45, 7) is 2.15. The van der Waals surface area contributed by atoms with E-state index in [1.54, 1.807) is 0 Å². The SMILES string of the molecule is CCC[C@H]1CCc2ccccc2C1=O. The number of Topliss-reactive ketones (excluding diaryl/α,β-unsaturated/α-hetero) is 1. The summed E-state index contributed by atoms with van der Waals surface area (Å²) in [6.07, 6.45) is 4.28. The highest BCUT2D eigenvalue weighted by Crippen LogP contribution is 2.27. The lowest BCUT2D eigenvalue weighted by atomic mass is 9.81. The third-order valence-corrected chi connectivity index (χ3v) is 3.05. The van der Waals surface area contributed by atoms with Crippen molar-refractivity contribution in [2.45, 2.75) is 32.6 Å². The first-order chi connectivity index (χ1) is 6.83. The Morgan fingerprint density at radius 2 is 2.14 bits per heavy atom. The van der Waals surface area contributed by atoms with Gasteiger partial charge in [-0.3, -0.25) is 4.79 Å². The molecular weight excluding hydrogens is 172 g/mol. The molecule has 74 valence electrons. The van der Waals surface area contributed by atoms with Gasteiger partial charge >= 0.3 is 0 Å². The van der Waals surface area contributed by atoms with E-state index < -0.39 is 0 Å². The van der Waals surface area contributed by atoms with Crippen molar-refractivity contribution in [1.82, 2.24) is 0 Å². The number of aryl methyl sites for hydroxylation is 1. The fraction of sp³-hybridized carbons (Fsp3) is 0.462. The minimum absolute atomic E-state index is 0.287. The Morgan fingerprint density at radius 1 is 1.36 bits per heavy atom. The van der Waals surface area contributed by atoms with Crippen LogP contribution < -0.4 is 0 Å². The number of hydrogen-bond acceptors (Lipinski definition) is 1. The molecule has 0 radical (unpaired) electrons. The van der Waals surface area contributed by atoms with Gasteiger partial charge in [0.25, 0.3) is 0 Å². The molecule has 0 saturated carbocycles. The fourth-order valence-electron chi connectivity index (χ4n) is 2.28. The second-order valence-corrected chi connectivity index (χ2v) is 4.05. The van der Waals surface area contributed by atoms with Crippen LogP contribution in [-0.4, -0.2) is 5.78 Å². The van der Waals surface area contributed by atoms with Crippen molar-refractivity contribution in [3.63, 3.8) is 0 Å². The molecule has 0 N–H and O–H groups in total. The van der Waals surface area contributed by atoms with Crippen molar-refractivity contribution in [3.05, 3.63) is 35.4 Å². The van der Waals surface area contributed by atoms with Crippen LogP contribution in [0.2, 0.25) is 0 Å². The minimum Gasteiger partial charge on any atom is -0.294 e. The monoisotopic (exact) mass is 188 g/mol. The molecule has 1 atom stereocenters. The third kappa shape index (κ3) is 1.59. The third-order valence-electron chi connectivity index (χ3n) is 3.05. The molecule has 0 spiro atoms. The van der Waals surface area contributed by atoms with E-state index in [0.717, 1.165) is 31.2 Å². The highest BCUT2D eigenvalue weighted by Gasteiger charge is 2.25. The van der Waals surface area contributed by atoms with Gasteiger partial charge in [0.15, 0.2) is 5.78 Å². The van der Waals surface area contributed by atoms with Crippen LogP contribution in [0.3, 0.4) is 0 Å². The van der Waals surface area contributed by atoms with Gasteiger partial charge in [0.1, 0.15) is 0 Å². The molecule has 0 aromatic heterocycles. The van der Waals surface area contributed by atoms with Gasteiger partial charge in [0, 0.05) is 11.5 Å². The molecule has 1 aliphatic rings. The van der Waals surface area contributed by atoms with Gasteiger partial charge in [-0.1, -0.05) is 37.6 Å². The molecule has 1 aromatic rings. The molecule has 0 fully saturated rings. The summed E-state index contributed by atoms with van der Waals surface area (Å²) in [5.74, 6) is 0.656. The summed E-state index contributed by atoms with van der Waals surface area (Å²) in [5, 5.41) is 0. The predicted octanol–water partition coefficient (Wildman–Crippen LogP) is 3.23. The van der Waals surface area contributed by atoms with Gasteiger partial charge in [-0.15, -0.1) is 0 Å². The maximum Gasteiger partial charge on any atom is 0.166 e. The lowest BCUT2D eigenvalue weighted by Crippen LogP contribution is -2.22.